The lowest BCUT2D eigenvalue weighted by Gasteiger charge is -2.36. The zero-order valence-corrected chi connectivity index (χ0v) is 20.5. The molecular formula is C24H33N3O5S. The zero-order valence-electron chi connectivity index (χ0n) is 19.7. The second kappa shape index (κ2) is 8.87. The van der Waals surface area contributed by atoms with Crippen molar-refractivity contribution in [3.63, 3.8) is 0 Å². The van der Waals surface area contributed by atoms with Gasteiger partial charge >= 0.3 is 5.97 Å². The lowest BCUT2D eigenvalue weighted by molar-refractivity contribution is -0.361. The summed E-state index contributed by atoms with van der Waals surface area (Å²) in [7, 11) is 0. The largest absolute Gasteiger partial charge is 0.466 e. The maximum Gasteiger partial charge on any atom is 0.313 e. The number of esters is 1. The monoisotopic (exact) mass is 475 g/mol. The molecule has 0 bridgehead atoms. The molecule has 8 nitrogen and oxygen atoms in total. The molecule has 0 spiro atoms. The molecule has 180 valence electrons. The first-order chi connectivity index (χ1) is 15.6. The Morgan fingerprint density at radius 1 is 1.27 bits per heavy atom. The molecule has 2 unspecified atom stereocenters. The van der Waals surface area contributed by atoms with Crippen LogP contribution in [0.4, 0.5) is 5.69 Å². The van der Waals surface area contributed by atoms with Gasteiger partial charge in [0.2, 0.25) is 0 Å². The van der Waals surface area contributed by atoms with Crippen LogP contribution in [0.1, 0.15) is 62.8 Å². The molecule has 1 aliphatic heterocycles. The molecule has 9 heteroatoms. The number of fused-ring (bicyclic) bond motifs is 2. The number of hydroxylamine groups is 2. The van der Waals surface area contributed by atoms with Crippen LogP contribution in [0.15, 0.2) is 17.9 Å². The van der Waals surface area contributed by atoms with Crippen molar-refractivity contribution in [2.24, 2.45) is 5.92 Å². The van der Waals surface area contributed by atoms with Gasteiger partial charge in [0, 0.05) is 17.0 Å². The molecule has 33 heavy (non-hydrogen) atoms. The first-order valence-corrected chi connectivity index (χ1v) is 12.0. The highest BCUT2D eigenvalue weighted by Crippen LogP contribution is 2.40. The Morgan fingerprint density at radius 3 is 2.39 bits per heavy atom. The molecule has 0 amide bonds. The zero-order chi connectivity index (χ0) is 24.0. The van der Waals surface area contributed by atoms with Gasteiger partial charge in [-0.2, -0.15) is 0 Å². The van der Waals surface area contributed by atoms with Crippen LogP contribution >= 0.6 is 12.2 Å². The van der Waals surface area contributed by atoms with Crippen LogP contribution in [0.25, 0.3) is 0 Å². The van der Waals surface area contributed by atoms with Crippen LogP contribution < -0.4 is 10.6 Å². The Labute approximate surface area is 199 Å². The van der Waals surface area contributed by atoms with Crippen LogP contribution in [0.5, 0.6) is 0 Å². The van der Waals surface area contributed by atoms with Crippen LogP contribution in [0.2, 0.25) is 0 Å². The van der Waals surface area contributed by atoms with Gasteiger partial charge in [-0.25, -0.2) is 0 Å². The van der Waals surface area contributed by atoms with Gasteiger partial charge in [0.25, 0.3) is 0 Å². The fourth-order valence-electron chi connectivity index (χ4n) is 4.96. The van der Waals surface area contributed by atoms with E-state index in [0.717, 1.165) is 44.2 Å². The second-order valence-corrected chi connectivity index (χ2v) is 9.95. The Kier molecular flexibility index (Phi) is 6.43. The van der Waals surface area contributed by atoms with Crippen molar-refractivity contribution < 1.29 is 24.7 Å². The van der Waals surface area contributed by atoms with E-state index >= 15 is 0 Å². The standard InChI is InChI=1S/C24H33N3O5S/c1-5-31-21(28)14(2)24(13-19(23(3,4)29)32-27(24)30)26-22(33)25-20-17-10-6-8-15(17)12-16-9-7-11-18(16)20/h12-14,29-30H,5-11H2,1-4H3,(H2,25,26,33). The first-order valence-electron chi connectivity index (χ1n) is 11.6. The molecule has 1 aromatic carbocycles. The topological polar surface area (TPSA) is 103 Å². The minimum Gasteiger partial charge on any atom is -0.466 e. The number of thiocarbonyl (C=S) groups is 1. The highest BCUT2D eigenvalue weighted by Gasteiger charge is 2.53. The van der Waals surface area contributed by atoms with Crippen molar-refractivity contribution in [2.45, 2.75) is 77.5 Å². The summed E-state index contributed by atoms with van der Waals surface area (Å²) in [5, 5.41) is 28.5. The summed E-state index contributed by atoms with van der Waals surface area (Å²) in [6.07, 6.45) is 7.85. The van der Waals surface area contributed by atoms with Crippen LogP contribution in [-0.4, -0.2) is 44.5 Å². The number of aryl methyl sites for hydroxylation is 2. The minimum absolute atomic E-state index is 0.0953. The predicted molar refractivity (Wildman–Crippen MR) is 127 cm³/mol. The first kappa shape index (κ1) is 23.9. The average molecular weight is 476 g/mol. The van der Waals surface area contributed by atoms with Crippen molar-refractivity contribution in [3.05, 3.63) is 40.2 Å². The van der Waals surface area contributed by atoms with E-state index in [1.807, 2.05) is 0 Å². The number of carbonyl (C=O) groups excluding carboxylic acids is 1. The van der Waals surface area contributed by atoms with Crippen molar-refractivity contribution >= 4 is 29.0 Å². The summed E-state index contributed by atoms with van der Waals surface area (Å²) in [5.41, 5.74) is 3.43. The molecule has 0 radical (unpaired) electrons. The number of benzene rings is 1. The van der Waals surface area contributed by atoms with Crippen molar-refractivity contribution in [1.29, 1.82) is 0 Å². The number of hydrogen-bond acceptors (Lipinski definition) is 7. The molecule has 0 aromatic heterocycles. The van der Waals surface area contributed by atoms with E-state index in [4.69, 9.17) is 21.8 Å². The fraction of sp³-hybridized carbons (Fsp3) is 0.583. The Bertz CT molecular complexity index is 971. The van der Waals surface area contributed by atoms with Gasteiger partial charge in [-0.15, -0.1) is 0 Å². The van der Waals surface area contributed by atoms with Gasteiger partial charge in [0.1, 0.15) is 11.5 Å². The van der Waals surface area contributed by atoms with E-state index in [-0.39, 0.29) is 17.5 Å². The number of rotatable bonds is 6. The summed E-state index contributed by atoms with van der Waals surface area (Å²) in [6, 6.07) is 2.34. The van der Waals surface area contributed by atoms with Crippen LogP contribution in [0.3, 0.4) is 0 Å². The van der Waals surface area contributed by atoms with E-state index in [9.17, 15) is 15.1 Å². The van der Waals surface area contributed by atoms with Crippen molar-refractivity contribution in [2.75, 3.05) is 11.9 Å². The summed E-state index contributed by atoms with van der Waals surface area (Å²) >= 11 is 5.68. The SMILES string of the molecule is CCOC(=O)C(C)C1(NC(=S)Nc2c3c(cc4c2CCC4)CCC3)C=C(C(C)(C)O)ON1O. The molecular weight excluding hydrogens is 442 g/mol. The van der Waals surface area contributed by atoms with E-state index in [1.165, 1.54) is 42.2 Å². The maximum absolute atomic E-state index is 12.7. The predicted octanol–water partition coefficient (Wildman–Crippen LogP) is 3.14. The van der Waals surface area contributed by atoms with E-state index in [2.05, 4.69) is 16.7 Å². The van der Waals surface area contributed by atoms with Gasteiger partial charge in [0.15, 0.2) is 16.5 Å². The molecule has 2 atom stereocenters. The van der Waals surface area contributed by atoms with E-state index < -0.39 is 23.2 Å². The summed E-state index contributed by atoms with van der Waals surface area (Å²) in [4.78, 5) is 18.1. The number of anilines is 1. The molecule has 0 fully saturated rings. The highest BCUT2D eigenvalue weighted by molar-refractivity contribution is 7.80. The van der Waals surface area contributed by atoms with Gasteiger partial charge in [-0.1, -0.05) is 6.07 Å². The van der Waals surface area contributed by atoms with Gasteiger partial charge < -0.3 is 25.3 Å². The Hall–Kier alpha value is -2.20. The normalized spacial score (nSPS) is 22.8. The number of nitrogens with zero attached hydrogens (tertiary/aromatic N) is 1. The molecule has 1 aromatic rings. The Morgan fingerprint density at radius 2 is 1.88 bits per heavy atom. The number of nitrogens with one attached hydrogen (secondary N) is 2. The lowest BCUT2D eigenvalue weighted by atomic mass is 9.92. The summed E-state index contributed by atoms with van der Waals surface area (Å²) in [6.45, 7) is 6.59. The molecule has 3 aliphatic rings. The Balaban J connectivity index is 1.67. The fourth-order valence-corrected chi connectivity index (χ4v) is 5.23. The van der Waals surface area contributed by atoms with Crippen molar-refractivity contribution in [1.82, 2.24) is 10.5 Å². The van der Waals surface area contributed by atoms with Crippen LogP contribution in [0, 0.1) is 5.92 Å². The molecule has 1 heterocycles. The number of carbonyl (C=O) groups is 1. The quantitative estimate of drug-likeness (QED) is 0.365. The number of ether oxygens (including phenoxy) is 1. The number of hydrogen-bond donors (Lipinski definition) is 4. The van der Waals surface area contributed by atoms with Gasteiger partial charge in [-0.05, 0) is 101 Å². The number of aliphatic hydroxyl groups is 1. The van der Waals surface area contributed by atoms with Crippen LogP contribution in [-0.2, 0) is 40.1 Å². The van der Waals surface area contributed by atoms with Crippen molar-refractivity contribution in [3.8, 4) is 0 Å². The van der Waals surface area contributed by atoms with Gasteiger partial charge in [0.05, 0.1) is 6.61 Å². The third-order valence-corrected chi connectivity index (χ3v) is 6.99. The third kappa shape index (κ3) is 4.35. The lowest BCUT2D eigenvalue weighted by Crippen LogP contribution is -2.62. The molecule has 4 N–H and O–H groups in total. The average Bonchev–Trinajstić information content (AvgIpc) is 3.46. The summed E-state index contributed by atoms with van der Waals surface area (Å²) < 4.78 is 5.20. The molecule has 4 rings (SSSR count). The maximum atomic E-state index is 12.7. The van der Waals surface area contributed by atoms with E-state index in [0.29, 0.717) is 5.23 Å². The highest BCUT2D eigenvalue weighted by atomic mass is 32.1. The second-order valence-electron chi connectivity index (χ2n) is 9.54. The van der Waals surface area contributed by atoms with Gasteiger partial charge in [-0.3, -0.25) is 10.0 Å². The third-order valence-electron chi connectivity index (χ3n) is 6.78. The molecule has 0 saturated heterocycles. The minimum atomic E-state index is -1.56. The molecule has 0 saturated carbocycles. The van der Waals surface area contributed by atoms with E-state index in [1.54, 1.807) is 13.8 Å². The summed E-state index contributed by atoms with van der Waals surface area (Å²) in [5.74, 6) is -1.35. The smallest absolute Gasteiger partial charge is 0.313 e. The molecule has 2 aliphatic carbocycles.